The van der Waals surface area contributed by atoms with E-state index in [9.17, 15) is 5.11 Å². The van der Waals surface area contributed by atoms with Gasteiger partial charge in [-0.15, -0.1) is 0 Å². The molecule has 5 nitrogen and oxygen atoms in total. The van der Waals surface area contributed by atoms with Gasteiger partial charge in [-0.2, -0.15) is 0 Å². The molecule has 2 aliphatic rings. The second kappa shape index (κ2) is 6.12. The van der Waals surface area contributed by atoms with Gasteiger partial charge in [0.1, 0.15) is 5.75 Å². The number of fused-ring (bicyclic) bond motifs is 1. The molecule has 0 amide bonds. The lowest BCUT2D eigenvalue weighted by atomic mass is 10.1. The molecule has 5 heteroatoms. The molecule has 1 aromatic rings. The van der Waals surface area contributed by atoms with Crippen LogP contribution in [0.1, 0.15) is 25.3 Å². The van der Waals surface area contributed by atoms with Crippen LogP contribution in [0, 0.1) is 0 Å². The summed E-state index contributed by atoms with van der Waals surface area (Å²) in [6.45, 7) is 6.54. The van der Waals surface area contributed by atoms with Crippen molar-refractivity contribution in [3.8, 4) is 17.2 Å². The van der Waals surface area contributed by atoms with E-state index >= 15 is 0 Å². The second-order valence-electron chi connectivity index (χ2n) is 5.96. The summed E-state index contributed by atoms with van der Waals surface area (Å²) in [5.41, 5.74) is 0.891. The highest BCUT2D eigenvalue weighted by molar-refractivity contribution is 5.51. The fourth-order valence-electron chi connectivity index (χ4n) is 3.33. The molecule has 0 aromatic heterocycles. The predicted molar refractivity (Wildman–Crippen MR) is 80.8 cm³/mol. The molecule has 1 aromatic carbocycles. The Morgan fingerprint density at radius 3 is 2.86 bits per heavy atom. The topological polar surface area (TPSA) is 45.2 Å². The fourth-order valence-corrected chi connectivity index (χ4v) is 3.33. The Morgan fingerprint density at radius 1 is 1.33 bits per heavy atom. The highest BCUT2D eigenvalue weighted by Crippen LogP contribution is 2.38. The van der Waals surface area contributed by atoms with Crippen LogP contribution in [0.25, 0.3) is 0 Å². The Morgan fingerprint density at radius 2 is 2.10 bits per heavy atom. The molecule has 1 saturated heterocycles. The van der Waals surface area contributed by atoms with Crippen molar-refractivity contribution in [2.45, 2.75) is 32.4 Å². The number of ether oxygens (including phenoxy) is 2. The molecule has 1 atom stereocenters. The van der Waals surface area contributed by atoms with Gasteiger partial charge in [0.05, 0.1) is 0 Å². The van der Waals surface area contributed by atoms with Crippen LogP contribution in [0.2, 0.25) is 0 Å². The second-order valence-corrected chi connectivity index (χ2v) is 5.96. The highest BCUT2D eigenvalue weighted by atomic mass is 16.7. The largest absolute Gasteiger partial charge is 0.507 e. The Bertz CT molecular complexity index is 507. The third-order valence-electron chi connectivity index (χ3n) is 4.44. The summed E-state index contributed by atoms with van der Waals surface area (Å²) in [4.78, 5) is 4.81. The SMILES string of the molecule is CCN1CCCC1CN(C)Cc1cc2c(cc1O)OCO2. The normalized spacial score (nSPS) is 21.4. The molecule has 1 unspecified atom stereocenters. The van der Waals surface area contributed by atoms with Crippen molar-refractivity contribution in [3.05, 3.63) is 17.7 Å². The predicted octanol–water partition coefficient (Wildman–Crippen LogP) is 2.04. The number of aromatic hydroxyl groups is 1. The molecule has 0 radical (unpaired) electrons. The molecule has 0 bridgehead atoms. The van der Waals surface area contributed by atoms with E-state index in [0.717, 1.165) is 30.9 Å². The first kappa shape index (κ1) is 14.5. The van der Waals surface area contributed by atoms with Gasteiger partial charge in [0.2, 0.25) is 6.79 Å². The van der Waals surface area contributed by atoms with Gasteiger partial charge in [-0.05, 0) is 39.0 Å². The van der Waals surface area contributed by atoms with E-state index in [1.165, 1.54) is 19.4 Å². The first-order valence-electron chi connectivity index (χ1n) is 7.71. The van der Waals surface area contributed by atoms with Crippen molar-refractivity contribution < 1.29 is 14.6 Å². The standard InChI is InChI=1S/C16H24N2O3/c1-3-18-6-4-5-13(18)10-17(2)9-12-7-15-16(8-14(12)19)21-11-20-15/h7-8,13,19H,3-6,9-11H2,1-2H3. The molecule has 3 rings (SSSR count). The lowest BCUT2D eigenvalue weighted by molar-refractivity contribution is 0.173. The molecule has 2 aliphatic heterocycles. The average Bonchev–Trinajstić information content (AvgIpc) is 3.07. The van der Waals surface area contributed by atoms with Crippen molar-refractivity contribution in [1.82, 2.24) is 9.80 Å². The number of hydrogen-bond acceptors (Lipinski definition) is 5. The summed E-state index contributed by atoms with van der Waals surface area (Å²) in [6.07, 6.45) is 2.56. The molecular weight excluding hydrogens is 268 g/mol. The molecule has 1 N–H and O–H groups in total. The third-order valence-corrected chi connectivity index (χ3v) is 4.44. The zero-order valence-corrected chi connectivity index (χ0v) is 12.8. The van der Waals surface area contributed by atoms with Gasteiger partial charge < -0.3 is 19.5 Å². The molecule has 0 aliphatic carbocycles. The Hall–Kier alpha value is -1.46. The van der Waals surface area contributed by atoms with Crippen molar-refractivity contribution in [3.63, 3.8) is 0 Å². The number of likely N-dealkylation sites (tertiary alicyclic amines) is 1. The number of nitrogens with zero attached hydrogens (tertiary/aromatic N) is 2. The summed E-state index contributed by atoms with van der Waals surface area (Å²) >= 11 is 0. The highest BCUT2D eigenvalue weighted by Gasteiger charge is 2.24. The van der Waals surface area contributed by atoms with Crippen LogP contribution >= 0.6 is 0 Å². The van der Waals surface area contributed by atoms with Crippen LogP contribution in [-0.4, -0.2) is 54.4 Å². The molecular formula is C16H24N2O3. The Labute approximate surface area is 126 Å². The quantitative estimate of drug-likeness (QED) is 0.900. The summed E-state index contributed by atoms with van der Waals surface area (Å²) in [5.74, 6) is 1.64. The lowest BCUT2D eigenvalue weighted by Gasteiger charge is -2.27. The van der Waals surface area contributed by atoms with Gasteiger partial charge in [-0.3, -0.25) is 4.90 Å². The molecule has 21 heavy (non-hydrogen) atoms. The van der Waals surface area contributed by atoms with E-state index < -0.39 is 0 Å². The molecule has 116 valence electrons. The van der Waals surface area contributed by atoms with Crippen LogP contribution in [0.4, 0.5) is 0 Å². The fraction of sp³-hybridized carbons (Fsp3) is 0.625. The molecule has 0 spiro atoms. The van der Waals surface area contributed by atoms with E-state index in [4.69, 9.17) is 9.47 Å². The van der Waals surface area contributed by atoms with Crippen LogP contribution in [0.15, 0.2) is 12.1 Å². The molecule has 0 saturated carbocycles. The maximum absolute atomic E-state index is 10.1. The van der Waals surface area contributed by atoms with Gasteiger partial charge in [0, 0.05) is 30.8 Å². The minimum atomic E-state index is 0.238. The van der Waals surface area contributed by atoms with Gasteiger partial charge >= 0.3 is 0 Å². The Kier molecular flexibility index (Phi) is 4.22. The summed E-state index contributed by atoms with van der Waals surface area (Å²) in [5, 5.41) is 10.1. The first-order valence-corrected chi connectivity index (χ1v) is 7.71. The number of phenols is 1. The van der Waals surface area contributed by atoms with Gasteiger partial charge in [-0.25, -0.2) is 0 Å². The van der Waals surface area contributed by atoms with Gasteiger partial charge in [0.25, 0.3) is 0 Å². The van der Waals surface area contributed by atoms with E-state index in [1.807, 2.05) is 6.07 Å². The van der Waals surface area contributed by atoms with Gasteiger partial charge in [-0.1, -0.05) is 6.92 Å². The summed E-state index contributed by atoms with van der Waals surface area (Å²) in [6, 6.07) is 4.18. The monoisotopic (exact) mass is 292 g/mol. The van der Waals surface area contributed by atoms with Crippen LogP contribution in [0.5, 0.6) is 17.2 Å². The number of phenolic OH excluding ortho intramolecular Hbond substituents is 1. The molecule has 1 fully saturated rings. The third kappa shape index (κ3) is 3.09. The van der Waals surface area contributed by atoms with Crippen molar-refractivity contribution in [2.24, 2.45) is 0 Å². The summed E-state index contributed by atoms with van der Waals surface area (Å²) < 4.78 is 10.7. The van der Waals surface area contributed by atoms with Crippen molar-refractivity contribution in [1.29, 1.82) is 0 Å². The van der Waals surface area contributed by atoms with Crippen LogP contribution in [0.3, 0.4) is 0 Å². The minimum Gasteiger partial charge on any atom is -0.507 e. The number of hydrogen-bond donors (Lipinski definition) is 1. The zero-order chi connectivity index (χ0) is 14.8. The number of likely N-dealkylation sites (N-methyl/N-ethyl adjacent to an activating group) is 2. The Balaban J connectivity index is 1.63. The van der Waals surface area contributed by atoms with E-state index in [2.05, 4.69) is 23.8 Å². The van der Waals surface area contributed by atoms with Crippen molar-refractivity contribution in [2.75, 3.05) is 33.5 Å². The maximum atomic E-state index is 10.1. The lowest BCUT2D eigenvalue weighted by Crippen LogP contribution is -2.38. The van der Waals surface area contributed by atoms with Gasteiger partial charge in [0.15, 0.2) is 11.5 Å². The van der Waals surface area contributed by atoms with E-state index in [-0.39, 0.29) is 12.5 Å². The first-order chi connectivity index (χ1) is 10.2. The van der Waals surface area contributed by atoms with Crippen LogP contribution in [-0.2, 0) is 6.54 Å². The average molecular weight is 292 g/mol. The molecule has 2 heterocycles. The number of benzene rings is 1. The minimum absolute atomic E-state index is 0.238. The van der Waals surface area contributed by atoms with E-state index in [1.54, 1.807) is 6.07 Å². The maximum Gasteiger partial charge on any atom is 0.231 e. The smallest absolute Gasteiger partial charge is 0.231 e. The van der Waals surface area contributed by atoms with Crippen LogP contribution < -0.4 is 9.47 Å². The van der Waals surface area contributed by atoms with Crippen molar-refractivity contribution >= 4 is 0 Å². The van der Waals surface area contributed by atoms with E-state index in [0.29, 0.717) is 11.8 Å². The zero-order valence-electron chi connectivity index (χ0n) is 12.8. The number of rotatable bonds is 5. The summed E-state index contributed by atoms with van der Waals surface area (Å²) in [7, 11) is 2.11.